The molecule has 2 amide bonds. The fraction of sp³-hybridized carbons (Fsp3) is 0.600. The van der Waals surface area contributed by atoms with Crippen LogP contribution in [0.1, 0.15) is 48.5 Å². The van der Waals surface area contributed by atoms with Gasteiger partial charge in [0.15, 0.2) is 0 Å². The molecule has 4 bridgehead atoms. The Balaban J connectivity index is 1.30. The second kappa shape index (κ2) is 13.6. The molecule has 2 aromatic rings. The van der Waals surface area contributed by atoms with Gasteiger partial charge in [-0.3, -0.25) is 29.4 Å². The highest BCUT2D eigenvalue weighted by molar-refractivity contribution is 5.78. The van der Waals surface area contributed by atoms with Crippen LogP contribution >= 0.6 is 0 Å². The average Bonchev–Trinajstić information content (AvgIpc) is 2.97. The predicted molar refractivity (Wildman–Crippen MR) is 149 cm³/mol. The van der Waals surface area contributed by atoms with E-state index in [0.717, 1.165) is 48.5 Å². The van der Waals surface area contributed by atoms with Crippen molar-refractivity contribution in [1.29, 1.82) is 0 Å². The zero-order valence-electron chi connectivity index (χ0n) is 23.3. The number of rotatable bonds is 6. The second-order valence-corrected chi connectivity index (χ2v) is 11.5. The Morgan fingerprint density at radius 3 is 1.25 bits per heavy atom. The fourth-order valence-electron chi connectivity index (χ4n) is 5.98. The van der Waals surface area contributed by atoms with Gasteiger partial charge in [0, 0.05) is 65.6 Å². The van der Waals surface area contributed by atoms with Gasteiger partial charge in [0.25, 0.3) is 0 Å². The topological polar surface area (TPSA) is 113 Å². The van der Waals surface area contributed by atoms with Crippen LogP contribution in [0.5, 0.6) is 0 Å². The zero-order valence-corrected chi connectivity index (χ0v) is 23.3. The minimum absolute atomic E-state index is 0.100. The number of hydrogen-bond acceptors (Lipinski definition) is 8. The number of hydrogen-bond donors (Lipinski definition) is 2. The van der Waals surface area contributed by atoms with Gasteiger partial charge in [-0.25, -0.2) is 0 Å². The van der Waals surface area contributed by atoms with Crippen LogP contribution in [0.25, 0.3) is 0 Å². The molecule has 3 aliphatic heterocycles. The SMILES string of the molecule is O=C(CN1Cc2cccc(n2)CN(CC(=O)N2CCC(CO)CC2)Cc2cccc(n2)C1)N1CCC(CO)CC1. The van der Waals surface area contributed by atoms with E-state index in [2.05, 4.69) is 9.80 Å². The van der Waals surface area contributed by atoms with Crippen LogP contribution in [-0.4, -0.2) is 104 Å². The molecule has 2 fully saturated rings. The third-order valence-electron chi connectivity index (χ3n) is 8.44. The Bertz CT molecular complexity index is 1010. The summed E-state index contributed by atoms with van der Waals surface area (Å²) in [5.74, 6) is 0.780. The minimum Gasteiger partial charge on any atom is -0.396 e. The van der Waals surface area contributed by atoms with Crippen molar-refractivity contribution in [2.45, 2.75) is 51.9 Å². The molecule has 0 radical (unpaired) electrons. The molecule has 0 spiro atoms. The lowest BCUT2D eigenvalue weighted by molar-refractivity contribution is -0.135. The summed E-state index contributed by atoms with van der Waals surface area (Å²) in [6.07, 6.45) is 3.37. The highest BCUT2D eigenvalue weighted by Gasteiger charge is 2.26. The van der Waals surface area contributed by atoms with Crippen molar-refractivity contribution in [2.75, 3.05) is 52.5 Å². The fourth-order valence-corrected chi connectivity index (χ4v) is 5.98. The molecular formula is C30H42N6O4. The maximum absolute atomic E-state index is 13.2. The standard InChI is InChI=1S/C30H42N6O4/c37-21-23-7-11-35(12-8-23)29(39)19-33-15-25-3-1-4-26(31-25)16-34(18-28-6-2-5-27(17-33)32-28)20-30(40)36-13-9-24(22-38)10-14-36/h1-6,23-24,37-38H,7-22H2. The molecule has 2 saturated heterocycles. The normalized spacial score (nSPS) is 20.1. The monoisotopic (exact) mass is 550 g/mol. The molecule has 0 atom stereocenters. The van der Waals surface area contributed by atoms with Crippen molar-refractivity contribution >= 4 is 11.8 Å². The van der Waals surface area contributed by atoms with Crippen molar-refractivity contribution in [3.63, 3.8) is 0 Å². The minimum atomic E-state index is 0.100. The molecule has 10 heteroatoms. The van der Waals surface area contributed by atoms with Crippen LogP contribution in [-0.2, 0) is 35.8 Å². The van der Waals surface area contributed by atoms with E-state index in [-0.39, 0.29) is 50.0 Å². The van der Waals surface area contributed by atoms with Crippen molar-refractivity contribution in [3.05, 3.63) is 59.2 Å². The first kappa shape index (κ1) is 28.6. The molecule has 0 saturated carbocycles. The quantitative estimate of drug-likeness (QED) is 0.553. The lowest BCUT2D eigenvalue weighted by atomic mass is 9.98. The molecule has 10 nitrogen and oxygen atoms in total. The molecule has 5 heterocycles. The Hall–Kier alpha value is -2.92. The van der Waals surface area contributed by atoms with Gasteiger partial charge in [0.1, 0.15) is 0 Å². The van der Waals surface area contributed by atoms with E-state index < -0.39 is 0 Å². The van der Waals surface area contributed by atoms with E-state index in [0.29, 0.717) is 52.4 Å². The number of amides is 2. The number of piperidine rings is 2. The van der Waals surface area contributed by atoms with Crippen LogP contribution < -0.4 is 0 Å². The van der Waals surface area contributed by atoms with Crippen molar-refractivity contribution < 1.29 is 19.8 Å². The number of carbonyl (C=O) groups is 2. The number of carbonyl (C=O) groups excluding carboxylic acids is 2. The van der Waals surface area contributed by atoms with Gasteiger partial charge in [0.2, 0.25) is 11.8 Å². The number of fused-ring (bicyclic) bond motifs is 4. The molecule has 0 aromatic carbocycles. The smallest absolute Gasteiger partial charge is 0.236 e. The van der Waals surface area contributed by atoms with Crippen molar-refractivity contribution in [3.8, 4) is 0 Å². The van der Waals surface area contributed by atoms with Gasteiger partial charge < -0.3 is 20.0 Å². The predicted octanol–water partition coefficient (Wildman–Crippen LogP) is 1.26. The first-order valence-corrected chi connectivity index (χ1v) is 14.6. The molecule has 5 rings (SSSR count). The maximum Gasteiger partial charge on any atom is 0.236 e. The zero-order chi connectivity index (χ0) is 27.9. The third-order valence-corrected chi connectivity index (χ3v) is 8.44. The average molecular weight is 551 g/mol. The Kier molecular flexibility index (Phi) is 9.74. The van der Waals surface area contributed by atoms with Crippen LogP contribution in [0.3, 0.4) is 0 Å². The van der Waals surface area contributed by atoms with E-state index in [1.165, 1.54) is 0 Å². The van der Waals surface area contributed by atoms with Gasteiger partial charge in [-0.15, -0.1) is 0 Å². The van der Waals surface area contributed by atoms with E-state index in [9.17, 15) is 19.8 Å². The lowest BCUT2D eigenvalue weighted by Crippen LogP contribution is -2.45. The molecular weight excluding hydrogens is 508 g/mol. The van der Waals surface area contributed by atoms with Crippen LogP contribution in [0.2, 0.25) is 0 Å². The van der Waals surface area contributed by atoms with Gasteiger partial charge in [-0.2, -0.15) is 0 Å². The summed E-state index contributed by atoms with van der Waals surface area (Å²) in [5, 5.41) is 18.9. The highest BCUT2D eigenvalue weighted by atomic mass is 16.3. The molecule has 2 N–H and O–H groups in total. The van der Waals surface area contributed by atoms with Gasteiger partial charge in [-0.1, -0.05) is 12.1 Å². The van der Waals surface area contributed by atoms with E-state index in [4.69, 9.17) is 9.97 Å². The van der Waals surface area contributed by atoms with Gasteiger partial charge in [0.05, 0.1) is 35.9 Å². The Labute approximate surface area is 236 Å². The molecule has 2 aromatic heterocycles. The summed E-state index contributed by atoms with van der Waals surface area (Å²) in [6.45, 7) is 5.80. The molecule has 216 valence electrons. The maximum atomic E-state index is 13.2. The van der Waals surface area contributed by atoms with E-state index in [1.54, 1.807) is 0 Å². The van der Waals surface area contributed by atoms with Gasteiger partial charge in [-0.05, 0) is 61.8 Å². The summed E-state index contributed by atoms with van der Waals surface area (Å²) in [7, 11) is 0. The molecule has 0 aliphatic carbocycles. The first-order valence-electron chi connectivity index (χ1n) is 14.6. The van der Waals surface area contributed by atoms with Gasteiger partial charge >= 0.3 is 0 Å². The van der Waals surface area contributed by atoms with Crippen LogP contribution in [0.4, 0.5) is 0 Å². The number of nitrogens with zero attached hydrogens (tertiary/aromatic N) is 6. The summed E-state index contributed by atoms with van der Waals surface area (Å²) < 4.78 is 0. The van der Waals surface area contributed by atoms with Crippen molar-refractivity contribution in [1.82, 2.24) is 29.6 Å². The first-order chi connectivity index (χ1) is 19.5. The Morgan fingerprint density at radius 2 is 0.950 bits per heavy atom. The summed E-state index contributed by atoms with van der Waals surface area (Å²) in [5.41, 5.74) is 3.55. The second-order valence-electron chi connectivity index (χ2n) is 11.5. The number of likely N-dealkylation sites (tertiary alicyclic amines) is 2. The number of pyridine rings is 2. The largest absolute Gasteiger partial charge is 0.396 e. The third kappa shape index (κ3) is 7.63. The van der Waals surface area contributed by atoms with Crippen molar-refractivity contribution in [2.24, 2.45) is 11.8 Å². The molecule has 3 aliphatic rings. The lowest BCUT2D eigenvalue weighted by Gasteiger charge is -2.33. The van der Waals surface area contributed by atoms with Crippen LogP contribution in [0.15, 0.2) is 36.4 Å². The summed E-state index contributed by atoms with van der Waals surface area (Å²) >= 11 is 0. The van der Waals surface area contributed by atoms with E-state index in [1.807, 2.05) is 46.2 Å². The number of aliphatic hydroxyl groups excluding tert-OH is 2. The highest BCUT2D eigenvalue weighted by Crippen LogP contribution is 2.20. The van der Waals surface area contributed by atoms with E-state index >= 15 is 0 Å². The Morgan fingerprint density at radius 1 is 0.625 bits per heavy atom. The summed E-state index contributed by atoms with van der Waals surface area (Å²) in [6, 6.07) is 12.0. The number of aliphatic hydroxyl groups is 2. The number of aromatic nitrogens is 2. The van der Waals surface area contributed by atoms with Crippen LogP contribution in [0, 0.1) is 11.8 Å². The summed E-state index contributed by atoms with van der Waals surface area (Å²) in [4.78, 5) is 44.3. The molecule has 40 heavy (non-hydrogen) atoms. The molecule has 0 unspecified atom stereocenters.